The molecule has 1 heterocycles. The summed E-state index contributed by atoms with van der Waals surface area (Å²) in [6, 6.07) is 1.59. The second kappa shape index (κ2) is 4.06. The molecule has 1 saturated heterocycles. The van der Waals surface area contributed by atoms with E-state index in [4.69, 9.17) is 11.0 Å². The largest absolute Gasteiger partial charge is 0.325 e. The molecule has 16 heavy (non-hydrogen) atoms. The van der Waals surface area contributed by atoms with Crippen LogP contribution in [0.3, 0.4) is 0 Å². The first kappa shape index (κ1) is 11.4. The van der Waals surface area contributed by atoms with Crippen molar-refractivity contribution in [1.82, 2.24) is 4.90 Å². The topological polar surface area (TPSA) is 70.1 Å². The molecule has 2 N–H and O–H groups in total. The van der Waals surface area contributed by atoms with Crippen molar-refractivity contribution in [2.75, 3.05) is 6.54 Å². The molecule has 2 aliphatic rings. The fourth-order valence-electron chi connectivity index (χ4n) is 2.55. The molecule has 88 valence electrons. The van der Waals surface area contributed by atoms with E-state index in [9.17, 15) is 4.79 Å². The molecule has 2 fully saturated rings. The van der Waals surface area contributed by atoms with Crippen molar-refractivity contribution in [3.63, 3.8) is 0 Å². The molecule has 1 aliphatic heterocycles. The quantitative estimate of drug-likeness (QED) is 0.763. The van der Waals surface area contributed by atoms with Gasteiger partial charge in [-0.1, -0.05) is 20.3 Å². The SMILES string of the molecule is CCC(C)[C@H](N)C(=O)N1C[C@H]2C[C@H]2[C@@H]1C#N. The van der Waals surface area contributed by atoms with E-state index in [1.54, 1.807) is 4.90 Å². The Labute approximate surface area is 96.4 Å². The number of carbonyl (C=O) groups is 1. The van der Waals surface area contributed by atoms with E-state index < -0.39 is 6.04 Å². The van der Waals surface area contributed by atoms with Gasteiger partial charge in [-0.05, 0) is 24.2 Å². The second-order valence-corrected chi connectivity index (χ2v) is 5.14. The third-order valence-electron chi connectivity index (χ3n) is 4.11. The highest BCUT2D eigenvalue weighted by Crippen LogP contribution is 2.49. The molecule has 0 aromatic heterocycles. The van der Waals surface area contributed by atoms with Crippen LogP contribution >= 0.6 is 0 Å². The van der Waals surface area contributed by atoms with Gasteiger partial charge in [-0.3, -0.25) is 4.79 Å². The van der Waals surface area contributed by atoms with Gasteiger partial charge in [-0.2, -0.15) is 5.26 Å². The van der Waals surface area contributed by atoms with Gasteiger partial charge in [0, 0.05) is 6.54 Å². The fourth-order valence-corrected chi connectivity index (χ4v) is 2.55. The number of piperidine rings is 1. The monoisotopic (exact) mass is 221 g/mol. The summed E-state index contributed by atoms with van der Waals surface area (Å²) in [6.45, 7) is 4.76. The molecule has 0 spiro atoms. The average Bonchev–Trinajstić information content (AvgIpc) is 2.98. The Balaban J connectivity index is 2.03. The van der Waals surface area contributed by atoms with Crippen molar-refractivity contribution in [2.45, 2.75) is 38.8 Å². The van der Waals surface area contributed by atoms with E-state index in [2.05, 4.69) is 6.07 Å². The van der Waals surface area contributed by atoms with Crippen molar-refractivity contribution >= 4 is 5.91 Å². The van der Waals surface area contributed by atoms with E-state index in [0.29, 0.717) is 11.8 Å². The molecule has 0 bridgehead atoms. The zero-order chi connectivity index (χ0) is 11.9. The van der Waals surface area contributed by atoms with Crippen LogP contribution in [-0.2, 0) is 4.79 Å². The smallest absolute Gasteiger partial charge is 0.240 e. The van der Waals surface area contributed by atoms with E-state index in [1.165, 1.54) is 0 Å². The van der Waals surface area contributed by atoms with E-state index in [0.717, 1.165) is 19.4 Å². The summed E-state index contributed by atoms with van der Waals surface area (Å²) >= 11 is 0. The molecule has 0 aromatic rings. The lowest BCUT2D eigenvalue weighted by molar-refractivity contribution is -0.134. The number of amides is 1. The van der Waals surface area contributed by atoms with Crippen LogP contribution in [0.2, 0.25) is 0 Å². The maximum absolute atomic E-state index is 12.1. The van der Waals surface area contributed by atoms with Crippen molar-refractivity contribution in [2.24, 2.45) is 23.5 Å². The number of rotatable bonds is 3. The Morgan fingerprint density at radius 2 is 2.38 bits per heavy atom. The van der Waals surface area contributed by atoms with Crippen LogP contribution in [-0.4, -0.2) is 29.4 Å². The Hall–Kier alpha value is -1.08. The molecule has 1 unspecified atom stereocenters. The number of hydrogen-bond donors (Lipinski definition) is 1. The molecule has 0 radical (unpaired) electrons. The first-order valence-electron chi connectivity index (χ1n) is 6.05. The summed E-state index contributed by atoms with van der Waals surface area (Å²) in [7, 11) is 0. The molecular weight excluding hydrogens is 202 g/mol. The first-order chi connectivity index (χ1) is 7.60. The third-order valence-corrected chi connectivity index (χ3v) is 4.11. The summed E-state index contributed by atoms with van der Waals surface area (Å²) in [6.07, 6.45) is 2.01. The number of nitriles is 1. The van der Waals surface area contributed by atoms with Crippen LogP contribution in [0, 0.1) is 29.1 Å². The zero-order valence-electron chi connectivity index (χ0n) is 9.89. The fraction of sp³-hybridized carbons (Fsp3) is 0.833. The highest BCUT2D eigenvalue weighted by molar-refractivity contribution is 5.83. The third kappa shape index (κ3) is 1.69. The van der Waals surface area contributed by atoms with Crippen LogP contribution in [0.15, 0.2) is 0 Å². The molecular formula is C12H19N3O. The van der Waals surface area contributed by atoms with Crippen LogP contribution in [0.4, 0.5) is 0 Å². The maximum atomic E-state index is 12.1. The summed E-state index contributed by atoms with van der Waals surface area (Å²) < 4.78 is 0. The number of nitrogens with two attached hydrogens (primary N) is 1. The molecule has 1 saturated carbocycles. The van der Waals surface area contributed by atoms with Gasteiger partial charge in [-0.15, -0.1) is 0 Å². The van der Waals surface area contributed by atoms with Gasteiger partial charge in [0.25, 0.3) is 0 Å². The molecule has 2 rings (SSSR count). The molecule has 1 amide bonds. The predicted molar refractivity (Wildman–Crippen MR) is 60.1 cm³/mol. The molecule has 4 nitrogen and oxygen atoms in total. The molecule has 5 atom stereocenters. The number of hydrogen-bond acceptors (Lipinski definition) is 3. The molecule has 1 aliphatic carbocycles. The lowest BCUT2D eigenvalue weighted by Gasteiger charge is -2.28. The summed E-state index contributed by atoms with van der Waals surface area (Å²) in [5.41, 5.74) is 5.93. The van der Waals surface area contributed by atoms with Gasteiger partial charge < -0.3 is 10.6 Å². The second-order valence-electron chi connectivity index (χ2n) is 5.14. The number of fused-ring (bicyclic) bond motifs is 1. The van der Waals surface area contributed by atoms with Gasteiger partial charge in [0.2, 0.25) is 5.91 Å². The number of carbonyl (C=O) groups excluding carboxylic acids is 1. The lowest BCUT2D eigenvalue weighted by atomic mass is 9.98. The predicted octanol–water partition coefficient (Wildman–Crippen LogP) is 0.730. The minimum atomic E-state index is -0.446. The van der Waals surface area contributed by atoms with Crippen molar-refractivity contribution < 1.29 is 4.79 Å². The maximum Gasteiger partial charge on any atom is 0.240 e. The summed E-state index contributed by atoms with van der Waals surface area (Å²) in [4.78, 5) is 13.8. The van der Waals surface area contributed by atoms with Crippen LogP contribution < -0.4 is 5.73 Å². The number of nitrogens with zero attached hydrogens (tertiary/aromatic N) is 2. The summed E-state index contributed by atoms with van der Waals surface area (Å²) in [5, 5.41) is 9.08. The van der Waals surface area contributed by atoms with Crippen LogP contribution in [0.1, 0.15) is 26.7 Å². The van der Waals surface area contributed by atoms with E-state index >= 15 is 0 Å². The normalized spacial score (nSPS) is 35.1. The van der Waals surface area contributed by atoms with Crippen LogP contribution in [0.5, 0.6) is 0 Å². The Morgan fingerprint density at radius 3 is 2.94 bits per heavy atom. The average molecular weight is 221 g/mol. The highest BCUT2D eigenvalue weighted by atomic mass is 16.2. The highest BCUT2D eigenvalue weighted by Gasteiger charge is 2.54. The summed E-state index contributed by atoms with van der Waals surface area (Å²) in [5.74, 6) is 1.15. The van der Waals surface area contributed by atoms with Gasteiger partial charge in [0.1, 0.15) is 6.04 Å². The van der Waals surface area contributed by atoms with Gasteiger partial charge >= 0.3 is 0 Å². The van der Waals surface area contributed by atoms with Crippen molar-refractivity contribution in [3.05, 3.63) is 0 Å². The standard InChI is InChI=1S/C12H19N3O/c1-3-7(2)11(14)12(16)15-6-8-4-9(8)10(15)5-13/h7-11H,3-4,6,14H2,1-2H3/t7?,8-,9-,10+,11+/m1/s1. The van der Waals surface area contributed by atoms with Gasteiger partial charge in [0.05, 0.1) is 12.1 Å². The van der Waals surface area contributed by atoms with E-state index in [1.807, 2.05) is 13.8 Å². The minimum absolute atomic E-state index is 0.0342. The van der Waals surface area contributed by atoms with Crippen molar-refractivity contribution in [3.8, 4) is 6.07 Å². The molecule has 0 aromatic carbocycles. The van der Waals surface area contributed by atoms with Crippen LogP contribution in [0.25, 0.3) is 0 Å². The van der Waals surface area contributed by atoms with Gasteiger partial charge in [-0.25, -0.2) is 0 Å². The Morgan fingerprint density at radius 1 is 1.69 bits per heavy atom. The van der Waals surface area contributed by atoms with Crippen molar-refractivity contribution in [1.29, 1.82) is 5.26 Å². The number of likely N-dealkylation sites (tertiary alicyclic amines) is 1. The minimum Gasteiger partial charge on any atom is -0.325 e. The van der Waals surface area contributed by atoms with Gasteiger partial charge in [0.15, 0.2) is 0 Å². The lowest BCUT2D eigenvalue weighted by Crippen LogP contribution is -2.49. The molecule has 4 heteroatoms. The Bertz CT molecular complexity index is 336. The Kier molecular flexibility index (Phi) is 2.90. The van der Waals surface area contributed by atoms with E-state index in [-0.39, 0.29) is 17.9 Å². The first-order valence-corrected chi connectivity index (χ1v) is 6.05. The zero-order valence-corrected chi connectivity index (χ0v) is 9.89.